The minimum Gasteiger partial charge on any atom is -0.346 e. The summed E-state index contributed by atoms with van der Waals surface area (Å²) in [5.74, 6) is 3.51. The number of hydrogen-bond acceptors (Lipinski definition) is 1. The Hall–Kier alpha value is -2.99. The van der Waals surface area contributed by atoms with Crippen LogP contribution in [0.25, 0.3) is 11.1 Å². The molecule has 0 aromatic heterocycles. The highest BCUT2D eigenvalue weighted by molar-refractivity contribution is 5.84. The molecule has 25 heavy (non-hydrogen) atoms. The van der Waals surface area contributed by atoms with E-state index in [1.165, 1.54) is 16.7 Å². The summed E-state index contributed by atoms with van der Waals surface area (Å²) in [5, 5.41) is 6.84. The van der Waals surface area contributed by atoms with E-state index in [1.807, 2.05) is 12.1 Å². The molecule has 1 aliphatic carbocycles. The average Bonchev–Trinajstić information content (AvgIpc) is 2.98. The first-order valence-corrected chi connectivity index (χ1v) is 8.54. The third kappa shape index (κ3) is 2.60. The molecule has 1 atom stereocenters. The Morgan fingerprint density at radius 3 is 2.84 bits per heavy atom. The van der Waals surface area contributed by atoms with E-state index in [1.54, 1.807) is 7.05 Å². The summed E-state index contributed by atoms with van der Waals surface area (Å²) in [6.45, 7) is 4.15. The molecule has 3 nitrogen and oxygen atoms in total. The molecule has 0 amide bonds. The second kappa shape index (κ2) is 5.82. The summed E-state index contributed by atoms with van der Waals surface area (Å²) in [6, 6.07) is 14.9. The zero-order valence-electron chi connectivity index (χ0n) is 14.4. The van der Waals surface area contributed by atoms with E-state index < -0.39 is 0 Å². The van der Waals surface area contributed by atoms with Gasteiger partial charge in [-0.2, -0.15) is 0 Å². The number of aryl methyl sites for hydroxylation is 1. The SMILES string of the molecule is C#Cc1cccc(-c2ccc3c(c2)C2(CC3)CC(=C)NC(=NC)N2)c1. The molecule has 1 fully saturated rings. The predicted octanol–water partition coefficient (Wildman–Crippen LogP) is 3.56. The first-order chi connectivity index (χ1) is 12.1. The summed E-state index contributed by atoms with van der Waals surface area (Å²) in [5.41, 5.74) is 6.88. The molecular weight excluding hydrogens is 306 g/mol. The molecule has 1 spiro atoms. The van der Waals surface area contributed by atoms with Crippen molar-refractivity contribution in [3.63, 3.8) is 0 Å². The molecule has 1 aliphatic heterocycles. The quantitative estimate of drug-likeness (QED) is 0.786. The number of hydrogen-bond donors (Lipinski definition) is 2. The van der Waals surface area contributed by atoms with Gasteiger partial charge in [-0.1, -0.05) is 36.8 Å². The summed E-state index contributed by atoms with van der Waals surface area (Å²) in [6.07, 6.45) is 8.54. The zero-order chi connectivity index (χ0) is 17.4. The van der Waals surface area contributed by atoms with Crippen molar-refractivity contribution in [1.29, 1.82) is 0 Å². The van der Waals surface area contributed by atoms with Crippen LogP contribution in [-0.2, 0) is 12.0 Å². The van der Waals surface area contributed by atoms with Crippen LogP contribution >= 0.6 is 0 Å². The lowest BCUT2D eigenvalue weighted by molar-refractivity contribution is 0.360. The molecule has 1 saturated heterocycles. The highest BCUT2D eigenvalue weighted by Gasteiger charge is 2.42. The third-order valence-corrected chi connectivity index (χ3v) is 5.20. The first kappa shape index (κ1) is 15.5. The van der Waals surface area contributed by atoms with Crippen molar-refractivity contribution in [2.75, 3.05) is 7.05 Å². The van der Waals surface area contributed by atoms with Crippen molar-refractivity contribution in [3.8, 4) is 23.5 Å². The van der Waals surface area contributed by atoms with Gasteiger partial charge in [0.1, 0.15) is 0 Å². The Balaban J connectivity index is 1.80. The Morgan fingerprint density at radius 1 is 1.20 bits per heavy atom. The third-order valence-electron chi connectivity index (χ3n) is 5.20. The topological polar surface area (TPSA) is 36.4 Å². The molecule has 3 heteroatoms. The molecule has 0 radical (unpaired) electrons. The highest BCUT2D eigenvalue weighted by Crippen LogP contribution is 2.43. The van der Waals surface area contributed by atoms with Gasteiger partial charge in [0.25, 0.3) is 0 Å². The molecule has 2 aliphatic rings. The standard InChI is InChI=1S/C22H21N3/c1-4-16-6-5-7-18(12-16)19-9-8-17-10-11-22(20(17)13-19)14-15(2)24-21(23-3)25-22/h1,5-9,12-13H,2,10-11,14H2,3H3,(H2,23,24,25). The van der Waals surface area contributed by atoms with Crippen LogP contribution in [0.4, 0.5) is 0 Å². The van der Waals surface area contributed by atoms with Gasteiger partial charge >= 0.3 is 0 Å². The number of guanidine groups is 1. The van der Waals surface area contributed by atoms with Crippen molar-refractivity contribution in [1.82, 2.24) is 10.6 Å². The second-order valence-corrected chi connectivity index (χ2v) is 6.78. The molecule has 1 heterocycles. The average molecular weight is 327 g/mol. The van der Waals surface area contributed by atoms with E-state index in [2.05, 4.69) is 58.5 Å². The van der Waals surface area contributed by atoms with Crippen molar-refractivity contribution in [3.05, 3.63) is 71.4 Å². The Bertz CT molecular complexity index is 933. The minimum atomic E-state index is -0.119. The number of rotatable bonds is 1. The maximum absolute atomic E-state index is 5.55. The number of nitrogens with one attached hydrogen (secondary N) is 2. The molecule has 1 unspecified atom stereocenters. The molecule has 2 aromatic carbocycles. The van der Waals surface area contributed by atoms with Gasteiger partial charge in [0.05, 0.1) is 5.54 Å². The van der Waals surface area contributed by atoms with E-state index in [4.69, 9.17) is 6.42 Å². The van der Waals surface area contributed by atoms with E-state index >= 15 is 0 Å². The summed E-state index contributed by atoms with van der Waals surface area (Å²) < 4.78 is 0. The van der Waals surface area contributed by atoms with Crippen LogP contribution in [-0.4, -0.2) is 13.0 Å². The number of fused-ring (bicyclic) bond motifs is 2. The second-order valence-electron chi connectivity index (χ2n) is 6.78. The van der Waals surface area contributed by atoms with Crippen LogP contribution in [0.1, 0.15) is 29.5 Å². The van der Waals surface area contributed by atoms with Crippen LogP contribution in [0, 0.1) is 12.3 Å². The molecule has 124 valence electrons. The fraction of sp³-hybridized carbons (Fsp3) is 0.227. The Labute approximate surface area is 148 Å². The monoisotopic (exact) mass is 327 g/mol. The van der Waals surface area contributed by atoms with E-state index in [-0.39, 0.29) is 5.54 Å². The molecule has 4 rings (SSSR count). The van der Waals surface area contributed by atoms with Crippen LogP contribution in [0.5, 0.6) is 0 Å². The molecule has 0 saturated carbocycles. The van der Waals surface area contributed by atoms with Gasteiger partial charge < -0.3 is 10.6 Å². The van der Waals surface area contributed by atoms with E-state index in [0.29, 0.717) is 0 Å². The van der Waals surface area contributed by atoms with Gasteiger partial charge in [0.15, 0.2) is 5.96 Å². The number of terminal acetylenes is 1. The van der Waals surface area contributed by atoms with Gasteiger partial charge in [0.2, 0.25) is 0 Å². The van der Waals surface area contributed by atoms with Crippen molar-refractivity contribution in [2.24, 2.45) is 4.99 Å². The van der Waals surface area contributed by atoms with E-state index in [0.717, 1.165) is 42.0 Å². The first-order valence-electron chi connectivity index (χ1n) is 8.54. The summed E-state index contributed by atoms with van der Waals surface area (Å²) in [7, 11) is 1.79. The van der Waals surface area contributed by atoms with Crippen LogP contribution in [0.2, 0.25) is 0 Å². The predicted molar refractivity (Wildman–Crippen MR) is 103 cm³/mol. The zero-order valence-corrected chi connectivity index (χ0v) is 14.4. The molecule has 0 bridgehead atoms. The van der Waals surface area contributed by atoms with Crippen molar-refractivity contribution >= 4 is 5.96 Å². The fourth-order valence-corrected chi connectivity index (χ4v) is 3.99. The van der Waals surface area contributed by atoms with Gasteiger partial charge in [0, 0.05) is 24.7 Å². The van der Waals surface area contributed by atoms with Crippen LogP contribution in [0.15, 0.2) is 59.7 Å². The highest BCUT2D eigenvalue weighted by atomic mass is 15.2. The number of nitrogens with zero attached hydrogens (tertiary/aromatic N) is 1. The van der Waals surface area contributed by atoms with Gasteiger partial charge in [-0.15, -0.1) is 6.42 Å². The van der Waals surface area contributed by atoms with Crippen LogP contribution < -0.4 is 10.6 Å². The normalized spacial score (nSPS) is 23.0. The lowest BCUT2D eigenvalue weighted by Crippen LogP contribution is -2.55. The summed E-state index contributed by atoms with van der Waals surface area (Å²) in [4.78, 5) is 4.30. The maximum atomic E-state index is 5.55. The lowest BCUT2D eigenvalue weighted by atomic mass is 9.84. The largest absolute Gasteiger partial charge is 0.346 e. The molecular formula is C22H21N3. The smallest absolute Gasteiger partial charge is 0.195 e. The molecule has 2 N–H and O–H groups in total. The molecule has 2 aromatic rings. The lowest BCUT2D eigenvalue weighted by Gasteiger charge is -2.39. The Kier molecular flexibility index (Phi) is 3.62. The maximum Gasteiger partial charge on any atom is 0.195 e. The van der Waals surface area contributed by atoms with Crippen molar-refractivity contribution < 1.29 is 0 Å². The summed E-state index contributed by atoms with van der Waals surface area (Å²) >= 11 is 0. The number of aliphatic imine (C=N–C) groups is 1. The van der Waals surface area contributed by atoms with E-state index in [9.17, 15) is 0 Å². The van der Waals surface area contributed by atoms with Gasteiger partial charge in [-0.25, -0.2) is 0 Å². The fourth-order valence-electron chi connectivity index (χ4n) is 3.99. The minimum absolute atomic E-state index is 0.119. The number of benzene rings is 2. The van der Waals surface area contributed by atoms with Crippen molar-refractivity contribution in [2.45, 2.75) is 24.8 Å². The van der Waals surface area contributed by atoms with Crippen LogP contribution in [0.3, 0.4) is 0 Å². The van der Waals surface area contributed by atoms with Gasteiger partial charge in [-0.05, 0) is 53.3 Å². The van der Waals surface area contributed by atoms with Gasteiger partial charge in [-0.3, -0.25) is 4.99 Å². The Morgan fingerprint density at radius 2 is 2.04 bits per heavy atom.